The molecule has 1 aliphatic heterocycles. The van der Waals surface area contributed by atoms with Crippen molar-refractivity contribution in [3.63, 3.8) is 0 Å². The average molecular weight is 446 g/mol. The molecular weight excluding hydrogens is 410 g/mol. The molecule has 0 unspecified atom stereocenters. The minimum atomic E-state index is 0.0247. The number of carbonyl (C=O) groups excluding carboxylic acids is 1. The Morgan fingerprint density at radius 1 is 0.848 bits per heavy atom. The standard InChI is InChI=1S/C27H35N5O/c1-20-6-10-24(11-7-20)18-30-14-5-15-31(17-16-30)19-26(33)28-27-22(3)29-32(23(27)4)25-12-8-21(2)9-13-25/h6-13H,5,14-19H2,1-4H3,(H,28,33). The molecule has 0 spiro atoms. The molecular formula is C27H35N5O. The number of aryl methyl sites for hydroxylation is 3. The molecule has 0 bridgehead atoms. The van der Waals surface area contributed by atoms with Crippen LogP contribution in [0, 0.1) is 27.7 Å². The number of amides is 1. The van der Waals surface area contributed by atoms with Crippen molar-refractivity contribution < 1.29 is 4.79 Å². The second-order valence-electron chi connectivity index (χ2n) is 9.23. The predicted octanol–water partition coefficient (Wildman–Crippen LogP) is 4.25. The van der Waals surface area contributed by atoms with Crippen LogP contribution < -0.4 is 5.32 Å². The van der Waals surface area contributed by atoms with E-state index in [0.29, 0.717) is 6.54 Å². The summed E-state index contributed by atoms with van der Waals surface area (Å²) in [6, 6.07) is 17.0. The molecule has 1 aliphatic rings. The van der Waals surface area contributed by atoms with Crippen molar-refractivity contribution in [3.8, 4) is 5.69 Å². The molecule has 0 saturated carbocycles. The monoisotopic (exact) mass is 445 g/mol. The van der Waals surface area contributed by atoms with Crippen LogP contribution in [0.3, 0.4) is 0 Å². The molecule has 0 atom stereocenters. The lowest BCUT2D eigenvalue weighted by molar-refractivity contribution is -0.117. The van der Waals surface area contributed by atoms with Gasteiger partial charge < -0.3 is 5.32 Å². The van der Waals surface area contributed by atoms with Crippen molar-refractivity contribution in [3.05, 3.63) is 76.6 Å². The highest BCUT2D eigenvalue weighted by Gasteiger charge is 2.20. The summed E-state index contributed by atoms with van der Waals surface area (Å²) in [5.74, 6) is 0.0247. The summed E-state index contributed by atoms with van der Waals surface area (Å²) >= 11 is 0. The van der Waals surface area contributed by atoms with E-state index < -0.39 is 0 Å². The number of hydrogen-bond donors (Lipinski definition) is 1. The van der Waals surface area contributed by atoms with Gasteiger partial charge in [0.1, 0.15) is 0 Å². The molecule has 33 heavy (non-hydrogen) atoms. The summed E-state index contributed by atoms with van der Waals surface area (Å²) < 4.78 is 1.90. The van der Waals surface area contributed by atoms with Gasteiger partial charge in [0, 0.05) is 19.6 Å². The first-order valence-corrected chi connectivity index (χ1v) is 11.8. The molecule has 0 aliphatic carbocycles. The second kappa shape index (κ2) is 10.3. The highest BCUT2D eigenvalue weighted by molar-refractivity contribution is 5.93. The molecule has 0 radical (unpaired) electrons. The molecule has 1 amide bonds. The summed E-state index contributed by atoms with van der Waals surface area (Å²) in [4.78, 5) is 17.6. The second-order valence-corrected chi connectivity index (χ2v) is 9.23. The van der Waals surface area contributed by atoms with Gasteiger partial charge in [0.25, 0.3) is 0 Å². The number of carbonyl (C=O) groups is 1. The van der Waals surface area contributed by atoms with E-state index >= 15 is 0 Å². The zero-order chi connectivity index (χ0) is 23.4. The molecule has 2 aromatic carbocycles. The first-order valence-electron chi connectivity index (χ1n) is 11.8. The van der Waals surface area contributed by atoms with Crippen LogP contribution in [0.4, 0.5) is 5.69 Å². The van der Waals surface area contributed by atoms with E-state index in [-0.39, 0.29) is 5.91 Å². The number of aromatic nitrogens is 2. The van der Waals surface area contributed by atoms with E-state index in [0.717, 1.165) is 61.9 Å². The fraction of sp³-hybridized carbons (Fsp3) is 0.407. The Morgan fingerprint density at radius 2 is 1.45 bits per heavy atom. The van der Waals surface area contributed by atoms with Crippen LogP contribution in [0.1, 0.15) is 34.5 Å². The third-order valence-electron chi connectivity index (χ3n) is 6.41. The van der Waals surface area contributed by atoms with E-state index in [1.807, 2.05) is 18.5 Å². The Labute approximate surface area is 197 Å². The lowest BCUT2D eigenvalue weighted by Gasteiger charge is -2.21. The van der Waals surface area contributed by atoms with Gasteiger partial charge >= 0.3 is 0 Å². The Morgan fingerprint density at radius 3 is 2.15 bits per heavy atom. The van der Waals surface area contributed by atoms with Gasteiger partial charge in [-0.05, 0) is 64.9 Å². The minimum Gasteiger partial charge on any atom is -0.322 e. The van der Waals surface area contributed by atoms with Gasteiger partial charge in [-0.2, -0.15) is 5.10 Å². The van der Waals surface area contributed by atoms with E-state index in [1.165, 1.54) is 16.7 Å². The normalized spacial score (nSPS) is 15.4. The number of rotatable bonds is 6. The van der Waals surface area contributed by atoms with E-state index in [1.54, 1.807) is 0 Å². The Kier molecular flexibility index (Phi) is 7.26. The van der Waals surface area contributed by atoms with Crippen LogP contribution in [-0.4, -0.2) is 58.2 Å². The molecule has 174 valence electrons. The SMILES string of the molecule is Cc1ccc(CN2CCCN(CC(=O)Nc3c(C)nn(-c4ccc(C)cc4)c3C)CC2)cc1. The number of hydrogen-bond acceptors (Lipinski definition) is 4. The van der Waals surface area contributed by atoms with Gasteiger partial charge in [0.15, 0.2) is 0 Å². The maximum atomic E-state index is 12.9. The third kappa shape index (κ3) is 5.89. The predicted molar refractivity (Wildman–Crippen MR) is 134 cm³/mol. The van der Waals surface area contributed by atoms with E-state index in [9.17, 15) is 4.79 Å². The third-order valence-corrected chi connectivity index (χ3v) is 6.41. The van der Waals surface area contributed by atoms with Crippen LogP contribution >= 0.6 is 0 Å². The Bertz CT molecular complexity index is 1080. The summed E-state index contributed by atoms with van der Waals surface area (Å²) in [6.07, 6.45) is 1.07. The van der Waals surface area contributed by atoms with Crippen molar-refractivity contribution in [2.45, 2.75) is 40.7 Å². The van der Waals surface area contributed by atoms with Gasteiger partial charge in [0.2, 0.25) is 5.91 Å². The van der Waals surface area contributed by atoms with Crippen molar-refractivity contribution in [2.75, 3.05) is 38.0 Å². The molecule has 2 heterocycles. The largest absolute Gasteiger partial charge is 0.322 e. The lowest BCUT2D eigenvalue weighted by Crippen LogP contribution is -2.36. The Balaban J connectivity index is 1.33. The Hall–Kier alpha value is -2.96. The van der Waals surface area contributed by atoms with Crippen LogP contribution in [0.25, 0.3) is 5.69 Å². The topological polar surface area (TPSA) is 53.4 Å². The molecule has 3 aromatic rings. The summed E-state index contributed by atoms with van der Waals surface area (Å²) in [5, 5.41) is 7.79. The molecule has 1 fully saturated rings. The van der Waals surface area contributed by atoms with Crippen LogP contribution in [0.5, 0.6) is 0 Å². The number of nitrogens with one attached hydrogen (secondary N) is 1. The zero-order valence-corrected chi connectivity index (χ0v) is 20.3. The first kappa shape index (κ1) is 23.2. The number of nitrogens with zero attached hydrogens (tertiary/aromatic N) is 4. The van der Waals surface area contributed by atoms with E-state index in [4.69, 9.17) is 0 Å². The summed E-state index contributed by atoms with van der Waals surface area (Å²) in [7, 11) is 0. The van der Waals surface area contributed by atoms with Crippen LogP contribution in [0.2, 0.25) is 0 Å². The van der Waals surface area contributed by atoms with Crippen molar-refractivity contribution in [1.82, 2.24) is 19.6 Å². The smallest absolute Gasteiger partial charge is 0.238 e. The van der Waals surface area contributed by atoms with Gasteiger partial charge in [-0.25, -0.2) is 4.68 Å². The minimum absolute atomic E-state index is 0.0247. The number of anilines is 1. The van der Waals surface area contributed by atoms with Crippen LogP contribution in [0.15, 0.2) is 48.5 Å². The maximum absolute atomic E-state index is 12.9. The van der Waals surface area contributed by atoms with Crippen molar-refractivity contribution in [2.24, 2.45) is 0 Å². The summed E-state index contributed by atoms with van der Waals surface area (Å²) in [6.45, 7) is 13.4. The zero-order valence-electron chi connectivity index (χ0n) is 20.3. The number of benzene rings is 2. The van der Waals surface area contributed by atoms with Gasteiger partial charge in [-0.1, -0.05) is 47.5 Å². The molecule has 6 heteroatoms. The van der Waals surface area contributed by atoms with Crippen molar-refractivity contribution >= 4 is 11.6 Å². The summed E-state index contributed by atoms with van der Waals surface area (Å²) in [5.41, 5.74) is 7.46. The van der Waals surface area contributed by atoms with Gasteiger partial charge in [-0.15, -0.1) is 0 Å². The molecule has 4 rings (SSSR count). The molecule has 1 aromatic heterocycles. The fourth-order valence-corrected chi connectivity index (χ4v) is 4.44. The fourth-order valence-electron chi connectivity index (χ4n) is 4.44. The molecule has 1 saturated heterocycles. The first-order chi connectivity index (χ1) is 15.9. The molecule has 1 N–H and O–H groups in total. The van der Waals surface area contributed by atoms with Gasteiger partial charge in [0.05, 0.1) is 29.3 Å². The maximum Gasteiger partial charge on any atom is 0.238 e. The van der Waals surface area contributed by atoms with Crippen molar-refractivity contribution in [1.29, 1.82) is 0 Å². The highest BCUT2D eigenvalue weighted by atomic mass is 16.2. The highest BCUT2D eigenvalue weighted by Crippen LogP contribution is 2.23. The van der Waals surface area contributed by atoms with E-state index in [2.05, 4.69) is 82.6 Å². The lowest BCUT2D eigenvalue weighted by atomic mass is 10.1. The quantitative estimate of drug-likeness (QED) is 0.616. The molecule has 6 nitrogen and oxygen atoms in total. The average Bonchev–Trinajstić information content (AvgIpc) is 2.94. The van der Waals surface area contributed by atoms with Crippen LogP contribution in [-0.2, 0) is 11.3 Å². The van der Waals surface area contributed by atoms with Gasteiger partial charge in [-0.3, -0.25) is 14.6 Å².